The Bertz CT molecular complexity index is 425. The van der Waals surface area contributed by atoms with Crippen molar-refractivity contribution >= 4 is 5.97 Å². The first-order valence-electron chi connectivity index (χ1n) is 7.39. The number of hydrogen-bond acceptors (Lipinski definition) is 5. The largest absolute Gasteiger partial charge is 0.465 e. The highest BCUT2D eigenvalue weighted by atomic mass is 16.5. The fourth-order valence-corrected chi connectivity index (χ4v) is 2.63. The van der Waals surface area contributed by atoms with Gasteiger partial charge in [-0.05, 0) is 26.8 Å². The number of ether oxygens (including phenoxy) is 1. The van der Waals surface area contributed by atoms with Crippen molar-refractivity contribution in [1.29, 1.82) is 0 Å². The van der Waals surface area contributed by atoms with Crippen LogP contribution in [0.2, 0.25) is 0 Å². The van der Waals surface area contributed by atoms with Gasteiger partial charge in [-0.15, -0.1) is 0 Å². The van der Waals surface area contributed by atoms with Gasteiger partial charge in [0.25, 0.3) is 0 Å². The average Bonchev–Trinajstić information content (AvgIpc) is 2.74. The summed E-state index contributed by atoms with van der Waals surface area (Å²) in [5.74, 6) is -0.176. The van der Waals surface area contributed by atoms with Crippen molar-refractivity contribution in [2.75, 3.05) is 32.8 Å². The lowest BCUT2D eigenvalue weighted by Gasteiger charge is -2.29. The highest BCUT2D eigenvalue weighted by molar-refractivity contribution is 5.77. The molecule has 112 valence electrons. The van der Waals surface area contributed by atoms with Crippen LogP contribution in [0.3, 0.4) is 0 Å². The van der Waals surface area contributed by atoms with Gasteiger partial charge in [0, 0.05) is 26.2 Å². The Labute approximate surface area is 120 Å². The number of aryl methyl sites for hydroxylation is 1. The molecule has 6 heteroatoms. The van der Waals surface area contributed by atoms with Gasteiger partial charge in [0.1, 0.15) is 0 Å². The summed E-state index contributed by atoms with van der Waals surface area (Å²) in [7, 11) is 0. The second-order valence-electron chi connectivity index (χ2n) is 4.90. The van der Waals surface area contributed by atoms with Gasteiger partial charge in [0.2, 0.25) is 0 Å². The molecule has 1 aliphatic rings. The normalized spacial score (nSPS) is 18.5. The van der Waals surface area contributed by atoms with Crippen LogP contribution in [0.5, 0.6) is 0 Å². The van der Waals surface area contributed by atoms with E-state index < -0.39 is 0 Å². The summed E-state index contributed by atoms with van der Waals surface area (Å²) in [6.45, 7) is 8.74. The molecule has 1 atom stereocenters. The van der Waals surface area contributed by atoms with Gasteiger partial charge >= 0.3 is 5.97 Å². The minimum Gasteiger partial charge on any atom is -0.465 e. The van der Waals surface area contributed by atoms with Crippen LogP contribution in [-0.4, -0.2) is 53.2 Å². The summed E-state index contributed by atoms with van der Waals surface area (Å²) in [5, 5.41) is 3.36. The van der Waals surface area contributed by atoms with Gasteiger partial charge in [0.15, 0.2) is 6.04 Å². The number of carbonyl (C=O) groups is 1. The van der Waals surface area contributed by atoms with Gasteiger partial charge in [-0.1, -0.05) is 0 Å². The zero-order chi connectivity index (χ0) is 14.4. The van der Waals surface area contributed by atoms with Crippen LogP contribution in [0, 0.1) is 0 Å². The summed E-state index contributed by atoms with van der Waals surface area (Å²) in [6, 6.07) is -0.350. The Morgan fingerprint density at radius 2 is 2.30 bits per heavy atom. The second-order valence-corrected chi connectivity index (χ2v) is 4.90. The molecule has 1 aromatic rings. The van der Waals surface area contributed by atoms with Crippen molar-refractivity contribution in [1.82, 2.24) is 19.8 Å². The molecule has 0 amide bonds. The molecule has 0 aliphatic carbocycles. The third-order valence-electron chi connectivity index (χ3n) is 3.62. The van der Waals surface area contributed by atoms with Crippen LogP contribution in [0.15, 0.2) is 12.5 Å². The van der Waals surface area contributed by atoms with Gasteiger partial charge in [-0.2, -0.15) is 0 Å². The molecule has 20 heavy (non-hydrogen) atoms. The minimum atomic E-state index is -0.350. The second kappa shape index (κ2) is 7.40. The molecule has 1 saturated heterocycles. The van der Waals surface area contributed by atoms with Crippen LogP contribution >= 0.6 is 0 Å². The number of nitrogens with one attached hydrogen (secondary N) is 1. The van der Waals surface area contributed by atoms with E-state index in [1.54, 1.807) is 12.5 Å². The van der Waals surface area contributed by atoms with Gasteiger partial charge in [-0.25, -0.2) is 9.78 Å². The smallest absolute Gasteiger partial charge is 0.329 e. The summed E-state index contributed by atoms with van der Waals surface area (Å²) >= 11 is 0. The van der Waals surface area contributed by atoms with E-state index in [0.29, 0.717) is 6.61 Å². The molecule has 0 spiro atoms. The molecule has 2 heterocycles. The third-order valence-corrected chi connectivity index (χ3v) is 3.62. The molecular formula is C14H24N4O2. The molecule has 1 unspecified atom stereocenters. The molecular weight excluding hydrogens is 256 g/mol. The molecule has 1 N–H and O–H groups in total. The van der Waals surface area contributed by atoms with E-state index in [4.69, 9.17) is 4.74 Å². The summed E-state index contributed by atoms with van der Waals surface area (Å²) < 4.78 is 7.29. The number of rotatable bonds is 5. The maximum Gasteiger partial charge on any atom is 0.329 e. The van der Waals surface area contributed by atoms with E-state index >= 15 is 0 Å². The molecule has 0 aromatic carbocycles. The molecule has 1 aromatic heterocycles. The van der Waals surface area contributed by atoms with E-state index in [9.17, 15) is 4.79 Å². The fourth-order valence-electron chi connectivity index (χ4n) is 2.63. The first kappa shape index (κ1) is 15.0. The Morgan fingerprint density at radius 1 is 1.45 bits per heavy atom. The number of imidazole rings is 1. The quantitative estimate of drug-likeness (QED) is 0.809. The van der Waals surface area contributed by atoms with Crippen LogP contribution in [-0.2, 0) is 16.1 Å². The average molecular weight is 280 g/mol. The van der Waals surface area contributed by atoms with Crippen LogP contribution in [0.25, 0.3) is 0 Å². The topological polar surface area (TPSA) is 59.4 Å². The Morgan fingerprint density at radius 3 is 3.05 bits per heavy atom. The predicted molar refractivity (Wildman–Crippen MR) is 76.3 cm³/mol. The van der Waals surface area contributed by atoms with Gasteiger partial charge in [-0.3, -0.25) is 4.90 Å². The number of esters is 1. The fraction of sp³-hybridized carbons (Fsp3) is 0.714. The first-order valence-corrected chi connectivity index (χ1v) is 7.39. The Hall–Kier alpha value is -1.40. The summed E-state index contributed by atoms with van der Waals surface area (Å²) in [6.07, 6.45) is 4.59. The maximum absolute atomic E-state index is 12.4. The predicted octanol–water partition coefficient (Wildman–Crippen LogP) is 0.802. The zero-order valence-corrected chi connectivity index (χ0v) is 12.3. The lowest BCUT2D eigenvalue weighted by atomic mass is 10.1. The molecule has 1 fully saturated rings. The lowest BCUT2D eigenvalue weighted by Crippen LogP contribution is -2.38. The first-order chi connectivity index (χ1) is 9.77. The van der Waals surface area contributed by atoms with E-state index in [1.807, 2.05) is 11.5 Å². The highest BCUT2D eigenvalue weighted by Crippen LogP contribution is 2.23. The molecule has 6 nitrogen and oxygen atoms in total. The van der Waals surface area contributed by atoms with Crippen LogP contribution in [0.1, 0.15) is 32.0 Å². The van der Waals surface area contributed by atoms with E-state index in [0.717, 1.165) is 44.8 Å². The van der Waals surface area contributed by atoms with E-state index in [1.165, 1.54) is 0 Å². The summed E-state index contributed by atoms with van der Waals surface area (Å²) in [5.41, 5.74) is 0.924. The molecule has 1 aliphatic heterocycles. The van der Waals surface area contributed by atoms with Crippen LogP contribution in [0.4, 0.5) is 0 Å². The Balaban J connectivity index is 2.26. The van der Waals surface area contributed by atoms with Crippen molar-refractivity contribution in [3.05, 3.63) is 18.2 Å². The SMILES string of the molecule is CCOC(=O)C(c1cncn1CC)N1CCCNCC1. The van der Waals surface area contributed by atoms with Crippen molar-refractivity contribution in [2.24, 2.45) is 0 Å². The standard InChI is InChI=1S/C14H24N4O2/c1-3-17-11-16-10-12(17)13(14(19)20-4-2)18-8-5-6-15-7-9-18/h10-11,13,15H,3-9H2,1-2H3. The number of carbonyl (C=O) groups excluding carboxylic acids is 1. The molecule has 0 bridgehead atoms. The highest BCUT2D eigenvalue weighted by Gasteiger charge is 2.31. The van der Waals surface area contributed by atoms with E-state index in [2.05, 4.69) is 22.1 Å². The van der Waals surface area contributed by atoms with Crippen LogP contribution < -0.4 is 5.32 Å². The third kappa shape index (κ3) is 3.37. The van der Waals surface area contributed by atoms with Crippen molar-refractivity contribution in [2.45, 2.75) is 32.9 Å². The zero-order valence-electron chi connectivity index (χ0n) is 12.3. The van der Waals surface area contributed by atoms with E-state index in [-0.39, 0.29) is 12.0 Å². The number of hydrogen-bond donors (Lipinski definition) is 1. The number of aromatic nitrogens is 2. The maximum atomic E-state index is 12.4. The lowest BCUT2D eigenvalue weighted by molar-refractivity contribution is -0.150. The molecule has 0 radical (unpaired) electrons. The monoisotopic (exact) mass is 280 g/mol. The van der Waals surface area contributed by atoms with Crippen molar-refractivity contribution in [3.8, 4) is 0 Å². The van der Waals surface area contributed by atoms with Crippen molar-refractivity contribution < 1.29 is 9.53 Å². The minimum absolute atomic E-state index is 0.176. The number of nitrogens with zero attached hydrogens (tertiary/aromatic N) is 3. The Kier molecular flexibility index (Phi) is 5.55. The molecule has 0 saturated carbocycles. The summed E-state index contributed by atoms with van der Waals surface area (Å²) in [4.78, 5) is 18.8. The van der Waals surface area contributed by atoms with Gasteiger partial charge < -0.3 is 14.6 Å². The van der Waals surface area contributed by atoms with Crippen molar-refractivity contribution in [3.63, 3.8) is 0 Å². The van der Waals surface area contributed by atoms with Gasteiger partial charge in [0.05, 0.1) is 24.8 Å². The molecule has 2 rings (SSSR count).